The van der Waals surface area contributed by atoms with Gasteiger partial charge in [-0.15, -0.1) is 0 Å². The Morgan fingerprint density at radius 2 is 1.80 bits per heavy atom. The minimum absolute atomic E-state index is 0.0907. The van der Waals surface area contributed by atoms with E-state index in [1.165, 1.54) is 6.33 Å². The van der Waals surface area contributed by atoms with Crippen molar-refractivity contribution in [3.05, 3.63) is 54.6 Å². The van der Waals surface area contributed by atoms with Crippen LogP contribution in [0.4, 0.5) is 5.82 Å². The number of ether oxygens (including phenoxy) is 3. The molecule has 0 radical (unpaired) electrons. The van der Waals surface area contributed by atoms with Crippen molar-refractivity contribution in [1.82, 2.24) is 19.5 Å². The SMILES string of the molecule is CC(C)(C)[Si](C)(C)OC[C@H]1O[C@@H](n2cnc3c(N)ncnc32)[C@H]2O[C@@H](C=Cc3ccccc3)OC12. The maximum Gasteiger partial charge on any atom is 0.192 e. The predicted molar refractivity (Wildman–Crippen MR) is 136 cm³/mol. The third-order valence-corrected chi connectivity index (χ3v) is 11.7. The van der Waals surface area contributed by atoms with Crippen LogP contribution in [0.25, 0.3) is 17.2 Å². The first-order valence-corrected chi connectivity index (χ1v) is 14.8. The van der Waals surface area contributed by atoms with E-state index < -0.39 is 20.8 Å². The van der Waals surface area contributed by atoms with Crippen LogP contribution >= 0.6 is 0 Å². The van der Waals surface area contributed by atoms with E-state index in [4.69, 9.17) is 24.4 Å². The molecular formula is C25H33N5O4Si. The Bertz CT molecular complexity index is 1210. The van der Waals surface area contributed by atoms with Crippen LogP contribution in [-0.2, 0) is 18.6 Å². The molecule has 3 aromatic rings. The summed E-state index contributed by atoms with van der Waals surface area (Å²) in [6.07, 6.45) is 5.10. The summed E-state index contributed by atoms with van der Waals surface area (Å²) in [7, 11) is -1.98. The van der Waals surface area contributed by atoms with Crippen molar-refractivity contribution >= 4 is 31.4 Å². The van der Waals surface area contributed by atoms with Crippen molar-refractivity contribution in [2.75, 3.05) is 12.3 Å². The molecule has 0 amide bonds. The van der Waals surface area contributed by atoms with Gasteiger partial charge >= 0.3 is 0 Å². The molecule has 1 unspecified atom stereocenters. The van der Waals surface area contributed by atoms with Gasteiger partial charge in [0.15, 0.2) is 32.3 Å². The molecule has 0 bridgehead atoms. The van der Waals surface area contributed by atoms with E-state index >= 15 is 0 Å². The van der Waals surface area contributed by atoms with E-state index in [-0.39, 0.29) is 23.4 Å². The summed E-state index contributed by atoms with van der Waals surface area (Å²) in [5.74, 6) is 0.327. The molecule has 2 fully saturated rings. The highest BCUT2D eigenvalue weighted by Crippen LogP contribution is 2.42. The molecule has 5 rings (SSSR count). The highest BCUT2D eigenvalue weighted by atomic mass is 28.4. The summed E-state index contributed by atoms with van der Waals surface area (Å²) in [5, 5.41) is 0.0907. The third kappa shape index (κ3) is 4.64. The summed E-state index contributed by atoms with van der Waals surface area (Å²) < 4.78 is 27.5. The van der Waals surface area contributed by atoms with Crippen molar-refractivity contribution in [2.45, 2.75) is 69.7 Å². The van der Waals surface area contributed by atoms with E-state index in [1.807, 2.05) is 47.1 Å². The van der Waals surface area contributed by atoms with Gasteiger partial charge in [0.2, 0.25) is 0 Å². The Hall–Kier alpha value is -2.63. The van der Waals surface area contributed by atoms with E-state index in [0.29, 0.717) is 23.6 Å². The second kappa shape index (κ2) is 9.10. The average molecular weight is 496 g/mol. The van der Waals surface area contributed by atoms with Gasteiger partial charge in [0.1, 0.15) is 30.2 Å². The van der Waals surface area contributed by atoms with Crippen LogP contribution in [0.2, 0.25) is 18.1 Å². The van der Waals surface area contributed by atoms with Gasteiger partial charge in [-0.05, 0) is 29.8 Å². The number of nitrogens with zero attached hydrogens (tertiary/aromatic N) is 4. The molecule has 10 heteroatoms. The van der Waals surface area contributed by atoms with Crippen LogP contribution in [0.15, 0.2) is 49.1 Å². The van der Waals surface area contributed by atoms with E-state index in [1.54, 1.807) is 6.33 Å². The summed E-state index contributed by atoms with van der Waals surface area (Å²) in [4.78, 5) is 12.8. The molecule has 2 saturated heterocycles. The minimum atomic E-state index is -1.98. The fourth-order valence-electron chi connectivity index (χ4n) is 4.13. The number of rotatable bonds is 6. The molecule has 9 nitrogen and oxygen atoms in total. The van der Waals surface area contributed by atoms with Gasteiger partial charge in [-0.3, -0.25) is 4.57 Å². The lowest BCUT2D eigenvalue weighted by atomic mass is 10.1. The largest absolute Gasteiger partial charge is 0.414 e. The molecule has 186 valence electrons. The van der Waals surface area contributed by atoms with Crippen LogP contribution in [0.3, 0.4) is 0 Å². The number of hydrogen-bond acceptors (Lipinski definition) is 8. The second-order valence-corrected chi connectivity index (χ2v) is 15.4. The zero-order valence-corrected chi connectivity index (χ0v) is 21.8. The van der Waals surface area contributed by atoms with Crippen LogP contribution < -0.4 is 5.73 Å². The van der Waals surface area contributed by atoms with Gasteiger partial charge in [-0.2, -0.15) is 0 Å². The molecule has 2 aromatic heterocycles. The Balaban J connectivity index is 1.41. The van der Waals surface area contributed by atoms with Crippen molar-refractivity contribution in [3.63, 3.8) is 0 Å². The maximum atomic E-state index is 6.51. The average Bonchev–Trinajstić information content (AvgIpc) is 3.50. The van der Waals surface area contributed by atoms with Gasteiger partial charge < -0.3 is 24.4 Å². The number of benzene rings is 1. The monoisotopic (exact) mass is 495 g/mol. The Morgan fingerprint density at radius 3 is 2.54 bits per heavy atom. The molecule has 2 aliphatic heterocycles. The molecule has 0 saturated carbocycles. The Morgan fingerprint density at radius 1 is 1.06 bits per heavy atom. The standard InChI is InChI=1S/C25H33N5O4Si/c1-25(2,3)35(4,5)31-13-17-20-21(34-18(33-20)12-11-16-9-7-6-8-10-16)24(32-17)30-15-29-19-22(26)27-14-28-23(19)30/h6-12,14-15,17-18,20-21,24H,13H2,1-5H3,(H2,26,27,28)/t17-,18+,20?,21+,24-/m1/s1. The van der Waals surface area contributed by atoms with Crippen molar-refractivity contribution in [1.29, 1.82) is 0 Å². The summed E-state index contributed by atoms with van der Waals surface area (Å²) in [6, 6.07) is 10.1. The topological polar surface area (TPSA) is 107 Å². The molecule has 2 aliphatic rings. The van der Waals surface area contributed by atoms with Crippen molar-refractivity contribution in [2.24, 2.45) is 0 Å². The zero-order chi connectivity index (χ0) is 24.8. The van der Waals surface area contributed by atoms with E-state index in [0.717, 1.165) is 5.56 Å². The van der Waals surface area contributed by atoms with Gasteiger partial charge in [-0.1, -0.05) is 57.2 Å². The number of aromatic nitrogens is 4. The number of fused-ring (bicyclic) bond motifs is 2. The summed E-state index contributed by atoms with van der Waals surface area (Å²) in [6.45, 7) is 11.6. The number of nitrogens with two attached hydrogens (primary N) is 1. The minimum Gasteiger partial charge on any atom is -0.414 e. The lowest BCUT2D eigenvalue weighted by molar-refractivity contribution is -0.132. The van der Waals surface area contributed by atoms with Gasteiger partial charge in [0.25, 0.3) is 0 Å². The smallest absolute Gasteiger partial charge is 0.192 e. The molecule has 0 aliphatic carbocycles. The first-order chi connectivity index (χ1) is 16.6. The molecule has 35 heavy (non-hydrogen) atoms. The highest BCUT2D eigenvalue weighted by molar-refractivity contribution is 6.74. The zero-order valence-electron chi connectivity index (χ0n) is 20.8. The second-order valence-electron chi connectivity index (χ2n) is 10.6. The quantitative estimate of drug-likeness (QED) is 0.508. The Labute approximate surface area is 206 Å². The van der Waals surface area contributed by atoms with Gasteiger partial charge in [0.05, 0.1) is 12.9 Å². The number of anilines is 1. The highest BCUT2D eigenvalue weighted by Gasteiger charge is 2.54. The maximum absolute atomic E-state index is 6.51. The molecular weight excluding hydrogens is 462 g/mol. The Kier molecular flexibility index (Phi) is 6.26. The van der Waals surface area contributed by atoms with E-state index in [2.05, 4.69) is 48.8 Å². The normalized spacial score (nSPS) is 27.2. The first kappa shape index (κ1) is 24.1. The number of hydrogen-bond donors (Lipinski definition) is 1. The fourth-order valence-corrected chi connectivity index (χ4v) is 5.14. The first-order valence-electron chi connectivity index (χ1n) is 11.9. The summed E-state index contributed by atoms with van der Waals surface area (Å²) in [5.41, 5.74) is 8.22. The molecule has 2 N–H and O–H groups in total. The predicted octanol–water partition coefficient (Wildman–Crippen LogP) is 4.15. The molecule has 5 atom stereocenters. The lowest BCUT2D eigenvalue weighted by Crippen LogP contribution is -2.44. The summed E-state index contributed by atoms with van der Waals surface area (Å²) >= 11 is 0. The van der Waals surface area contributed by atoms with Crippen LogP contribution in [0.1, 0.15) is 32.6 Å². The van der Waals surface area contributed by atoms with Crippen LogP contribution in [0.5, 0.6) is 0 Å². The van der Waals surface area contributed by atoms with Crippen molar-refractivity contribution < 1.29 is 18.6 Å². The van der Waals surface area contributed by atoms with Gasteiger partial charge in [-0.25, -0.2) is 15.0 Å². The number of nitrogen functional groups attached to an aromatic ring is 1. The van der Waals surface area contributed by atoms with Crippen LogP contribution in [0, 0.1) is 0 Å². The van der Waals surface area contributed by atoms with Crippen LogP contribution in [-0.4, -0.2) is 59.0 Å². The molecule has 0 spiro atoms. The number of imidazole rings is 1. The fraction of sp³-hybridized carbons (Fsp3) is 0.480. The van der Waals surface area contributed by atoms with Gasteiger partial charge in [0, 0.05) is 0 Å². The van der Waals surface area contributed by atoms with E-state index in [9.17, 15) is 0 Å². The molecule has 1 aromatic carbocycles. The lowest BCUT2D eigenvalue weighted by Gasteiger charge is -2.37. The van der Waals surface area contributed by atoms with Crippen molar-refractivity contribution in [3.8, 4) is 0 Å². The molecule has 4 heterocycles. The third-order valence-electron chi connectivity index (χ3n) is 7.19.